The van der Waals surface area contributed by atoms with Crippen LogP contribution in [0, 0.1) is 6.92 Å². The molecule has 4 rings (SSSR count). The number of carbonyl (C=O) groups excluding carboxylic acids is 1. The average Bonchev–Trinajstić information content (AvgIpc) is 3.33. The molecular weight excluding hydrogens is 338 g/mol. The standard InChI is InChI=1S/C17H21N5O2S/c1-12-15(25-11-19-12)16(23)22-8-9-24-14(10-22)13-4-5-18-17(20-13)21-6-2-3-7-21/h4-5,11,14H,2-3,6-10H2,1H3. The highest BCUT2D eigenvalue weighted by Gasteiger charge is 2.29. The monoisotopic (exact) mass is 359 g/mol. The Kier molecular flexibility index (Phi) is 4.63. The minimum Gasteiger partial charge on any atom is -0.368 e. The summed E-state index contributed by atoms with van der Waals surface area (Å²) in [7, 11) is 0. The summed E-state index contributed by atoms with van der Waals surface area (Å²) in [6.07, 6.45) is 3.94. The molecule has 0 aliphatic carbocycles. The fourth-order valence-corrected chi connectivity index (χ4v) is 4.04. The maximum Gasteiger partial charge on any atom is 0.266 e. The molecule has 2 fully saturated rings. The van der Waals surface area contributed by atoms with Gasteiger partial charge >= 0.3 is 0 Å². The van der Waals surface area contributed by atoms with Gasteiger partial charge in [0.1, 0.15) is 11.0 Å². The van der Waals surface area contributed by atoms with Gasteiger partial charge in [-0.15, -0.1) is 11.3 Å². The minimum atomic E-state index is -0.213. The van der Waals surface area contributed by atoms with Gasteiger partial charge in [0.2, 0.25) is 5.95 Å². The number of carbonyl (C=O) groups is 1. The van der Waals surface area contributed by atoms with E-state index >= 15 is 0 Å². The number of aromatic nitrogens is 3. The van der Waals surface area contributed by atoms with E-state index in [1.165, 1.54) is 24.2 Å². The van der Waals surface area contributed by atoms with Crippen molar-refractivity contribution in [2.24, 2.45) is 0 Å². The molecule has 2 aliphatic heterocycles. The van der Waals surface area contributed by atoms with Gasteiger partial charge in [0, 0.05) is 25.8 Å². The van der Waals surface area contributed by atoms with E-state index in [9.17, 15) is 4.79 Å². The fourth-order valence-electron chi connectivity index (χ4n) is 3.27. The van der Waals surface area contributed by atoms with Gasteiger partial charge in [-0.3, -0.25) is 4.79 Å². The number of ether oxygens (including phenoxy) is 1. The van der Waals surface area contributed by atoms with Crippen molar-refractivity contribution in [2.75, 3.05) is 37.7 Å². The van der Waals surface area contributed by atoms with Crippen LogP contribution in [0.1, 0.15) is 40.0 Å². The first-order chi connectivity index (χ1) is 12.2. The van der Waals surface area contributed by atoms with E-state index in [-0.39, 0.29) is 12.0 Å². The first kappa shape index (κ1) is 16.4. The number of hydrogen-bond donors (Lipinski definition) is 0. The Morgan fingerprint density at radius 2 is 2.12 bits per heavy atom. The Labute approximate surface area is 150 Å². The molecule has 8 heteroatoms. The number of aryl methyl sites for hydroxylation is 1. The lowest BCUT2D eigenvalue weighted by molar-refractivity contribution is -0.0246. The van der Waals surface area contributed by atoms with Crippen molar-refractivity contribution in [3.05, 3.63) is 34.0 Å². The fraction of sp³-hybridized carbons (Fsp3) is 0.529. The Morgan fingerprint density at radius 1 is 1.28 bits per heavy atom. The number of thiazole rings is 1. The molecule has 1 atom stereocenters. The third-order valence-electron chi connectivity index (χ3n) is 4.68. The van der Waals surface area contributed by atoms with Crippen molar-refractivity contribution in [3.8, 4) is 0 Å². The molecule has 7 nitrogen and oxygen atoms in total. The van der Waals surface area contributed by atoms with Gasteiger partial charge in [-0.2, -0.15) is 0 Å². The molecule has 0 saturated carbocycles. The lowest BCUT2D eigenvalue weighted by atomic mass is 10.2. The van der Waals surface area contributed by atoms with Crippen LogP contribution in [0.2, 0.25) is 0 Å². The predicted molar refractivity (Wildman–Crippen MR) is 94.9 cm³/mol. The second-order valence-corrected chi connectivity index (χ2v) is 7.21. The van der Waals surface area contributed by atoms with Gasteiger partial charge in [-0.1, -0.05) is 0 Å². The molecule has 1 amide bonds. The molecule has 0 N–H and O–H groups in total. The average molecular weight is 359 g/mol. The second kappa shape index (κ2) is 7.05. The van der Waals surface area contributed by atoms with E-state index in [4.69, 9.17) is 9.72 Å². The molecule has 4 heterocycles. The minimum absolute atomic E-state index is 0.0297. The van der Waals surface area contributed by atoms with Crippen LogP contribution < -0.4 is 4.90 Å². The van der Waals surface area contributed by atoms with Crippen LogP contribution in [0.5, 0.6) is 0 Å². The molecule has 2 aromatic heterocycles. The third-order valence-corrected chi connectivity index (χ3v) is 5.59. The summed E-state index contributed by atoms with van der Waals surface area (Å²) >= 11 is 1.39. The molecular formula is C17H21N5O2S. The molecule has 132 valence electrons. The highest BCUT2D eigenvalue weighted by atomic mass is 32.1. The van der Waals surface area contributed by atoms with Crippen LogP contribution in [-0.2, 0) is 4.74 Å². The summed E-state index contributed by atoms with van der Waals surface area (Å²) in [5.74, 6) is 0.794. The van der Waals surface area contributed by atoms with Gasteiger partial charge in [-0.05, 0) is 25.8 Å². The van der Waals surface area contributed by atoms with E-state index in [1.54, 1.807) is 11.7 Å². The molecule has 1 unspecified atom stereocenters. The number of nitrogens with zero attached hydrogens (tertiary/aromatic N) is 5. The normalized spacial score (nSPS) is 20.9. The molecule has 0 radical (unpaired) electrons. The summed E-state index contributed by atoms with van der Waals surface area (Å²) in [6, 6.07) is 1.89. The summed E-state index contributed by atoms with van der Waals surface area (Å²) in [5.41, 5.74) is 3.35. The molecule has 2 aliphatic rings. The van der Waals surface area contributed by atoms with Crippen LogP contribution in [0.3, 0.4) is 0 Å². The number of morpholine rings is 1. The van der Waals surface area contributed by atoms with Crippen LogP contribution in [-0.4, -0.2) is 58.5 Å². The molecule has 0 spiro atoms. The van der Waals surface area contributed by atoms with Crippen LogP contribution in [0.15, 0.2) is 17.8 Å². The number of rotatable bonds is 3. The predicted octanol–water partition coefficient (Wildman–Crippen LogP) is 2.06. The van der Waals surface area contributed by atoms with Crippen molar-refractivity contribution in [2.45, 2.75) is 25.9 Å². The zero-order valence-electron chi connectivity index (χ0n) is 14.2. The molecule has 2 aromatic rings. The smallest absolute Gasteiger partial charge is 0.266 e. The summed E-state index contributed by atoms with van der Waals surface area (Å²) in [4.78, 5) is 30.8. The van der Waals surface area contributed by atoms with Crippen LogP contribution in [0.25, 0.3) is 0 Å². The van der Waals surface area contributed by atoms with E-state index < -0.39 is 0 Å². The first-order valence-electron chi connectivity index (χ1n) is 8.61. The summed E-state index contributed by atoms with van der Waals surface area (Å²) < 4.78 is 5.89. The Morgan fingerprint density at radius 3 is 2.88 bits per heavy atom. The zero-order chi connectivity index (χ0) is 17.2. The maximum atomic E-state index is 12.7. The third kappa shape index (κ3) is 3.36. The maximum absolute atomic E-state index is 12.7. The van der Waals surface area contributed by atoms with E-state index in [1.807, 2.05) is 17.9 Å². The van der Waals surface area contributed by atoms with Crippen molar-refractivity contribution in [3.63, 3.8) is 0 Å². The Hall–Kier alpha value is -2.06. The summed E-state index contributed by atoms with van der Waals surface area (Å²) in [6.45, 7) is 5.49. The quantitative estimate of drug-likeness (QED) is 0.835. The first-order valence-corrected chi connectivity index (χ1v) is 9.49. The Bertz CT molecular complexity index is 759. The van der Waals surface area contributed by atoms with Gasteiger partial charge in [0.05, 0.1) is 30.1 Å². The molecule has 2 saturated heterocycles. The number of hydrogen-bond acceptors (Lipinski definition) is 7. The lowest BCUT2D eigenvalue weighted by Crippen LogP contribution is -2.42. The highest BCUT2D eigenvalue weighted by molar-refractivity contribution is 7.11. The largest absolute Gasteiger partial charge is 0.368 e. The van der Waals surface area contributed by atoms with Crippen molar-refractivity contribution < 1.29 is 9.53 Å². The second-order valence-electron chi connectivity index (χ2n) is 6.35. The Balaban J connectivity index is 1.50. The number of anilines is 1. The lowest BCUT2D eigenvalue weighted by Gasteiger charge is -2.32. The van der Waals surface area contributed by atoms with E-state index in [2.05, 4.69) is 14.9 Å². The van der Waals surface area contributed by atoms with Gasteiger partial charge in [0.15, 0.2) is 0 Å². The van der Waals surface area contributed by atoms with Gasteiger partial charge in [-0.25, -0.2) is 15.0 Å². The van der Waals surface area contributed by atoms with Crippen molar-refractivity contribution in [1.29, 1.82) is 0 Å². The molecule has 0 bridgehead atoms. The topological polar surface area (TPSA) is 71.5 Å². The van der Waals surface area contributed by atoms with Gasteiger partial charge in [0.25, 0.3) is 5.91 Å². The SMILES string of the molecule is Cc1ncsc1C(=O)N1CCOC(c2ccnc(N3CCCC3)n2)C1. The van der Waals surface area contributed by atoms with Crippen LogP contribution >= 0.6 is 11.3 Å². The van der Waals surface area contributed by atoms with Crippen molar-refractivity contribution in [1.82, 2.24) is 19.9 Å². The van der Waals surface area contributed by atoms with E-state index in [0.29, 0.717) is 24.6 Å². The molecule has 25 heavy (non-hydrogen) atoms. The van der Waals surface area contributed by atoms with Crippen molar-refractivity contribution >= 4 is 23.2 Å². The number of amides is 1. The zero-order valence-corrected chi connectivity index (χ0v) is 15.0. The van der Waals surface area contributed by atoms with Gasteiger partial charge < -0.3 is 14.5 Å². The van der Waals surface area contributed by atoms with E-state index in [0.717, 1.165) is 30.4 Å². The highest BCUT2D eigenvalue weighted by Crippen LogP contribution is 2.25. The molecule has 0 aromatic carbocycles. The van der Waals surface area contributed by atoms with Crippen LogP contribution in [0.4, 0.5) is 5.95 Å². The summed E-state index contributed by atoms with van der Waals surface area (Å²) in [5, 5.41) is 0.